The topological polar surface area (TPSA) is 98.7 Å². The van der Waals surface area contributed by atoms with Crippen molar-refractivity contribution in [3.8, 4) is 22.6 Å². The molecule has 9 heteroatoms. The van der Waals surface area contributed by atoms with Gasteiger partial charge in [-0.3, -0.25) is 14.8 Å². The third-order valence-corrected chi connectivity index (χ3v) is 5.31. The minimum Gasteiger partial charge on any atom is -0.335 e. The lowest BCUT2D eigenvalue weighted by molar-refractivity contribution is 0.102. The number of aryl methyl sites for hydroxylation is 1. The summed E-state index contributed by atoms with van der Waals surface area (Å²) >= 11 is 1.35. The normalized spacial score (nSPS) is 11.1. The zero-order valence-electron chi connectivity index (χ0n) is 15.9. The number of thiazole rings is 1. The lowest BCUT2D eigenvalue weighted by Crippen LogP contribution is -2.13. The Bertz CT molecular complexity index is 1320. The fraction of sp³-hybridized carbons (Fsp3) is 0.0952. The smallest absolute Gasteiger partial charge is 0.259 e. The molecule has 0 spiro atoms. The Balaban J connectivity index is 1.69. The van der Waals surface area contributed by atoms with Gasteiger partial charge in [0.1, 0.15) is 11.4 Å². The van der Waals surface area contributed by atoms with E-state index in [1.165, 1.54) is 11.3 Å². The van der Waals surface area contributed by atoms with Gasteiger partial charge in [-0.1, -0.05) is 35.5 Å². The maximum absolute atomic E-state index is 13.2. The second-order valence-electron chi connectivity index (χ2n) is 6.48. The summed E-state index contributed by atoms with van der Waals surface area (Å²) in [6.07, 6.45) is 3.51. The molecule has 0 aliphatic carbocycles. The largest absolute Gasteiger partial charge is 0.335 e. The number of nitrogens with one attached hydrogen (secondary N) is 1. The van der Waals surface area contributed by atoms with Crippen molar-refractivity contribution in [2.24, 2.45) is 0 Å². The van der Waals surface area contributed by atoms with Crippen LogP contribution in [0.3, 0.4) is 0 Å². The number of carbonyl (C=O) groups excluding carboxylic acids is 1. The van der Waals surface area contributed by atoms with Crippen LogP contribution in [0, 0.1) is 0 Å². The minimum atomic E-state index is -0.311. The van der Waals surface area contributed by atoms with Gasteiger partial charge in [-0.25, -0.2) is 9.97 Å². The van der Waals surface area contributed by atoms with E-state index < -0.39 is 0 Å². The van der Waals surface area contributed by atoms with Crippen LogP contribution in [0.25, 0.3) is 33.7 Å². The molecule has 0 aliphatic heterocycles. The van der Waals surface area contributed by atoms with Crippen LogP contribution >= 0.6 is 11.3 Å². The van der Waals surface area contributed by atoms with E-state index in [1.54, 1.807) is 22.3 Å². The summed E-state index contributed by atoms with van der Waals surface area (Å²) < 4.78 is 7.33. The summed E-state index contributed by atoms with van der Waals surface area (Å²) in [6.45, 7) is 2.74. The molecule has 5 rings (SSSR count). The summed E-state index contributed by atoms with van der Waals surface area (Å²) in [6, 6.07) is 13.1. The Morgan fingerprint density at radius 3 is 2.80 bits per heavy atom. The van der Waals surface area contributed by atoms with E-state index in [1.807, 2.05) is 49.5 Å². The highest BCUT2D eigenvalue weighted by atomic mass is 32.1. The van der Waals surface area contributed by atoms with Gasteiger partial charge in [0.15, 0.2) is 5.13 Å². The minimum absolute atomic E-state index is 0.279. The van der Waals surface area contributed by atoms with Crippen LogP contribution in [0.2, 0.25) is 0 Å². The SMILES string of the molecule is CCn1ccc(-c2cc(C(=O)Nc3nccs3)c3c(-c4ccccc4)noc3n2)n1. The molecule has 0 unspecified atom stereocenters. The molecule has 4 aromatic heterocycles. The maximum Gasteiger partial charge on any atom is 0.259 e. The lowest BCUT2D eigenvalue weighted by Gasteiger charge is -2.06. The Kier molecular flexibility index (Phi) is 4.56. The van der Waals surface area contributed by atoms with E-state index >= 15 is 0 Å². The third kappa shape index (κ3) is 3.25. The fourth-order valence-electron chi connectivity index (χ4n) is 3.18. The van der Waals surface area contributed by atoms with Crippen LogP contribution in [0.15, 0.2) is 64.8 Å². The molecule has 1 aromatic carbocycles. The number of nitrogens with zero attached hydrogens (tertiary/aromatic N) is 5. The standard InChI is InChI=1S/C21H16N6O2S/c1-2-27-10-8-15(25-27)16-12-14(19(28)24-21-22-9-11-30-21)17-18(26-29-20(17)23-16)13-6-4-3-5-7-13/h3-12H,2H2,1H3,(H,22,24,28). The molecule has 1 N–H and O–H groups in total. The van der Waals surface area contributed by atoms with Gasteiger partial charge in [0.05, 0.1) is 16.6 Å². The fourth-order valence-corrected chi connectivity index (χ4v) is 3.70. The first-order valence-corrected chi connectivity index (χ1v) is 10.2. The summed E-state index contributed by atoms with van der Waals surface area (Å²) in [7, 11) is 0. The monoisotopic (exact) mass is 416 g/mol. The first kappa shape index (κ1) is 18.2. The van der Waals surface area contributed by atoms with E-state index in [0.29, 0.717) is 33.2 Å². The van der Waals surface area contributed by atoms with Crippen LogP contribution in [-0.4, -0.2) is 30.8 Å². The van der Waals surface area contributed by atoms with E-state index in [0.717, 1.165) is 12.1 Å². The zero-order valence-corrected chi connectivity index (χ0v) is 16.8. The molecular weight excluding hydrogens is 400 g/mol. The average molecular weight is 416 g/mol. The highest BCUT2D eigenvalue weighted by Crippen LogP contribution is 2.32. The number of hydrogen-bond acceptors (Lipinski definition) is 7. The quantitative estimate of drug-likeness (QED) is 0.453. The highest BCUT2D eigenvalue weighted by molar-refractivity contribution is 7.13. The molecule has 5 aromatic rings. The molecular formula is C21H16N6O2S. The molecule has 1 amide bonds. The van der Waals surface area contributed by atoms with Crippen molar-refractivity contribution < 1.29 is 9.32 Å². The molecule has 0 bridgehead atoms. The van der Waals surface area contributed by atoms with Crippen LogP contribution in [0.5, 0.6) is 0 Å². The van der Waals surface area contributed by atoms with Crippen molar-refractivity contribution in [1.82, 2.24) is 24.9 Å². The number of rotatable bonds is 5. The summed E-state index contributed by atoms with van der Waals surface area (Å²) in [4.78, 5) is 21.9. The number of benzene rings is 1. The van der Waals surface area contributed by atoms with Gasteiger partial charge in [0.2, 0.25) is 0 Å². The molecule has 0 atom stereocenters. The first-order chi connectivity index (χ1) is 14.7. The molecule has 30 heavy (non-hydrogen) atoms. The van der Waals surface area contributed by atoms with E-state index in [9.17, 15) is 4.79 Å². The molecule has 0 radical (unpaired) electrons. The van der Waals surface area contributed by atoms with Crippen LogP contribution < -0.4 is 5.32 Å². The summed E-state index contributed by atoms with van der Waals surface area (Å²) in [5, 5.41) is 14.4. The number of fused-ring (bicyclic) bond motifs is 1. The number of aromatic nitrogens is 5. The number of hydrogen-bond donors (Lipinski definition) is 1. The van der Waals surface area contributed by atoms with Crippen molar-refractivity contribution >= 4 is 33.5 Å². The van der Waals surface area contributed by atoms with Crippen molar-refractivity contribution in [1.29, 1.82) is 0 Å². The van der Waals surface area contributed by atoms with Crippen molar-refractivity contribution in [3.63, 3.8) is 0 Å². The number of carbonyl (C=O) groups is 1. The zero-order chi connectivity index (χ0) is 20.5. The predicted molar refractivity (Wildman–Crippen MR) is 114 cm³/mol. The van der Waals surface area contributed by atoms with Crippen molar-refractivity contribution in [3.05, 3.63) is 65.8 Å². The number of amides is 1. The average Bonchev–Trinajstić information content (AvgIpc) is 3.54. The summed E-state index contributed by atoms with van der Waals surface area (Å²) in [5.74, 6) is -0.311. The van der Waals surface area contributed by atoms with Gasteiger partial charge >= 0.3 is 0 Å². The lowest BCUT2D eigenvalue weighted by atomic mass is 10.0. The Morgan fingerprint density at radius 2 is 2.07 bits per heavy atom. The predicted octanol–water partition coefficient (Wildman–Crippen LogP) is 4.48. The molecule has 0 aliphatic rings. The Hall–Kier alpha value is -3.85. The van der Waals surface area contributed by atoms with Gasteiger partial charge in [0.25, 0.3) is 11.6 Å². The second kappa shape index (κ2) is 7.53. The third-order valence-electron chi connectivity index (χ3n) is 4.62. The molecule has 8 nitrogen and oxygen atoms in total. The molecule has 0 saturated heterocycles. The summed E-state index contributed by atoms with van der Waals surface area (Å²) in [5.41, 5.74) is 3.27. The van der Waals surface area contributed by atoms with E-state index in [4.69, 9.17) is 4.52 Å². The van der Waals surface area contributed by atoms with Crippen LogP contribution in [-0.2, 0) is 6.54 Å². The Morgan fingerprint density at radius 1 is 1.20 bits per heavy atom. The highest BCUT2D eigenvalue weighted by Gasteiger charge is 2.23. The van der Waals surface area contributed by atoms with Crippen molar-refractivity contribution in [2.75, 3.05) is 5.32 Å². The second-order valence-corrected chi connectivity index (χ2v) is 7.38. The van der Waals surface area contributed by atoms with Gasteiger partial charge in [0, 0.05) is 29.9 Å². The van der Waals surface area contributed by atoms with Gasteiger partial charge in [-0.2, -0.15) is 5.10 Å². The van der Waals surface area contributed by atoms with Gasteiger partial charge < -0.3 is 4.52 Å². The Labute approximate surface area is 175 Å². The van der Waals surface area contributed by atoms with E-state index in [2.05, 4.69) is 25.5 Å². The molecule has 0 saturated carbocycles. The van der Waals surface area contributed by atoms with E-state index in [-0.39, 0.29) is 11.6 Å². The number of anilines is 1. The number of pyridine rings is 1. The first-order valence-electron chi connectivity index (χ1n) is 9.33. The maximum atomic E-state index is 13.2. The van der Waals surface area contributed by atoms with Crippen LogP contribution in [0.4, 0.5) is 5.13 Å². The van der Waals surface area contributed by atoms with Crippen LogP contribution in [0.1, 0.15) is 17.3 Å². The van der Waals surface area contributed by atoms with Gasteiger partial charge in [-0.15, -0.1) is 11.3 Å². The van der Waals surface area contributed by atoms with Gasteiger partial charge in [-0.05, 0) is 19.1 Å². The molecule has 0 fully saturated rings. The molecule has 4 heterocycles. The molecule has 148 valence electrons. The van der Waals surface area contributed by atoms with Crippen molar-refractivity contribution in [2.45, 2.75) is 13.5 Å².